The minimum Gasteiger partial charge on any atom is -0.462 e. The molecular formula is C23H31NO4S. The summed E-state index contributed by atoms with van der Waals surface area (Å²) in [6, 6.07) is 11.5. The summed E-state index contributed by atoms with van der Waals surface area (Å²) in [4.78, 5) is 25.8. The lowest BCUT2D eigenvalue weighted by Crippen LogP contribution is -2.19. The topological polar surface area (TPSA) is 64.6 Å². The predicted molar refractivity (Wildman–Crippen MR) is 117 cm³/mol. The first-order chi connectivity index (χ1) is 13.7. The molecule has 0 saturated carbocycles. The van der Waals surface area contributed by atoms with E-state index in [1.807, 2.05) is 36.4 Å². The van der Waals surface area contributed by atoms with Gasteiger partial charge in [-0.2, -0.15) is 0 Å². The standard InChI is InChI=1S/C23H31NO4S/c1-6-28-22(26)18-12-19(16(2)13-23(3,4)5)29-21(18)24-20(25)15-27-14-17-10-8-7-9-11-17/h7-12,16H,6,13-15H2,1-5H3,(H,24,25)/t16-/m1/s1. The summed E-state index contributed by atoms with van der Waals surface area (Å²) in [5.41, 5.74) is 1.58. The van der Waals surface area contributed by atoms with Crippen LogP contribution in [0.3, 0.4) is 0 Å². The molecule has 5 nitrogen and oxygen atoms in total. The summed E-state index contributed by atoms with van der Waals surface area (Å²) in [5, 5.41) is 3.35. The van der Waals surface area contributed by atoms with Gasteiger partial charge in [0.2, 0.25) is 0 Å². The number of carbonyl (C=O) groups is 2. The van der Waals surface area contributed by atoms with Crippen LogP contribution in [-0.2, 0) is 20.9 Å². The maximum absolute atomic E-state index is 12.4. The highest BCUT2D eigenvalue weighted by Crippen LogP contribution is 2.38. The molecule has 1 amide bonds. The van der Waals surface area contributed by atoms with Crippen molar-refractivity contribution in [2.24, 2.45) is 5.41 Å². The molecule has 0 aliphatic heterocycles. The summed E-state index contributed by atoms with van der Waals surface area (Å²) >= 11 is 1.43. The smallest absolute Gasteiger partial charge is 0.341 e. The van der Waals surface area contributed by atoms with Gasteiger partial charge in [-0.1, -0.05) is 58.0 Å². The number of hydrogen-bond donors (Lipinski definition) is 1. The van der Waals surface area contributed by atoms with E-state index in [4.69, 9.17) is 9.47 Å². The zero-order valence-corrected chi connectivity index (χ0v) is 18.7. The summed E-state index contributed by atoms with van der Waals surface area (Å²) in [7, 11) is 0. The molecule has 0 spiro atoms. The molecule has 0 radical (unpaired) electrons. The average molecular weight is 418 g/mol. The van der Waals surface area contributed by atoms with Crippen molar-refractivity contribution in [3.8, 4) is 0 Å². The second-order valence-corrected chi connectivity index (χ2v) is 9.39. The van der Waals surface area contributed by atoms with Gasteiger partial charge in [0, 0.05) is 4.88 Å². The van der Waals surface area contributed by atoms with Crippen LogP contribution in [0.1, 0.15) is 67.8 Å². The van der Waals surface area contributed by atoms with Crippen LogP contribution in [0.25, 0.3) is 0 Å². The molecule has 1 heterocycles. The Morgan fingerprint density at radius 2 is 1.86 bits per heavy atom. The van der Waals surface area contributed by atoms with Crippen LogP contribution < -0.4 is 5.32 Å². The van der Waals surface area contributed by atoms with E-state index in [2.05, 4.69) is 33.0 Å². The lowest BCUT2D eigenvalue weighted by Gasteiger charge is -2.22. The Morgan fingerprint density at radius 1 is 1.17 bits per heavy atom. The minimum atomic E-state index is -0.418. The summed E-state index contributed by atoms with van der Waals surface area (Å²) in [6.45, 7) is 11.0. The molecular weight excluding hydrogens is 386 g/mol. The van der Waals surface area contributed by atoms with E-state index in [1.165, 1.54) is 11.3 Å². The van der Waals surface area contributed by atoms with Crippen LogP contribution in [-0.4, -0.2) is 25.1 Å². The molecule has 0 aliphatic carbocycles. The first-order valence-corrected chi connectivity index (χ1v) is 10.7. The normalized spacial score (nSPS) is 12.4. The van der Waals surface area contributed by atoms with Gasteiger partial charge in [-0.25, -0.2) is 4.79 Å². The molecule has 1 aromatic heterocycles. The minimum absolute atomic E-state index is 0.0814. The average Bonchev–Trinajstić information content (AvgIpc) is 3.05. The van der Waals surface area contributed by atoms with E-state index in [9.17, 15) is 9.59 Å². The quantitative estimate of drug-likeness (QED) is 0.538. The zero-order chi connectivity index (χ0) is 21.4. The Labute approximate surface area is 177 Å². The van der Waals surface area contributed by atoms with Crippen LogP contribution in [0, 0.1) is 5.41 Å². The third-order valence-electron chi connectivity index (χ3n) is 4.25. The molecule has 0 bridgehead atoms. The highest BCUT2D eigenvalue weighted by atomic mass is 32.1. The molecule has 1 aromatic carbocycles. The molecule has 0 saturated heterocycles. The van der Waals surface area contributed by atoms with E-state index >= 15 is 0 Å². The Morgan fingerprint density at radius 3 is 2.48 bits per heavy atom. The SMILES string of the molecule is CCOC(=O)c1cc([C@H](C)CC(C)(C)C)sc1NC(=O)COCc1ccccc1. The van der Waals surface area contributed by atoms with Crippen molar-refractivity contribution < 1.29 is 19.1 Å². The Hall–Kier alpha value is -2.18. The fourth-order valence-corrected chi connectivity index (χ4v) is 4.24. The molecule has 2 aromatic rings. The largest absolute Gasteiger partial charge is 0.462 e. The number of ether oxygens (including phenoxy) is 2. The third-order valence-corrected chi connectivity index (χ3v) is 5.53. The van der Waals surface area contributed by atoms with Crippen molar-refractivity contribution in [2.45, 2.75) is 53.6 Å². The molecule has 6 heteroatoms. The zero-order valence-electron chi connectivity index (χ0n) is 17.9. The molecule has 29 heavy (non-hydrogen) atoms. The van der Waals surface area contributed by atoms with E-state index in [1.54, 1.807) is 6.92 Å². The molecule has 0 aliphatic rings. The molecule has 2 rings (SSSR count). The Bertz CT molecular complexity index is 808. The van der Waals surface area contributed by atoms with Gasteiger partial charge in [0.05, 0.1) is 18.8 Å². The number of nitrogens with one attached hydrogen (secondary N) is 1. The summed E-state index contributed by atoms with van der Waals surface area (Å²) in [6.07, 6.45) is 0.976. The monoisotopic (exact) mass is 417 g/mol. The van der Waals surface area contributed by atoms with Crippen molar-refractivity contribution in [1.82, 2.24) is 0 Å². The second-order valence-electron chi connectivity index (χ2n) is 8.30. The van der Waals surface area contributed by atoms with Crippen molar-refractivity contribution in [3.63, 3.8) is 0 Å². The molecule has 1 atom stereocenters. The molecule has 0 unspecified atom stereocenters. The molecule has 1 N–H and O–H groups in total. The second kappa shape index (κ2) is 10.6. The van der Waals surface area contributed by atoms with Gasteiger partial charge in [-0.15, -0.1) is 11.3 Å². The van der Waals surface area contributed by atoms with E-state index < -0.39 is 5.97 Å². The van der Waals surface area contributed by atoms with Crippen LogP contribution in [0.15, 0.2) is 36.4 Å². The first-order valence-electron chi connectivity index (χ1n) is 9.92. The van der Waals surface area contributed by atoms with Crippen molar-refractivity contribution >= 4 is 28.2 Å². The van der Waals surface area contributed by atoms with Crippen molar-refractivity contribution in [1.29, 1.82) is 0 Å². The van der Waals surface area contributed by atoms with Crippen LogP contribution >= 0.6 is 11.3 Å². The fourth-order valence-electron chi connectivity index (χ4n) is 3.12. The lowest BCUT2D eigenvalue weighted by atomic mass is 9.85. The predicted octanol–water partition coefficient (Wildman–Crippen LogP) is 5.62. The molecule has 0 fully saturated rings. The number of rotatable bonds is 9. The van der Waals surface area contributed by atoms with Crippen molar-refractivity contribution in [3.05, 3.63) is 52.4 Å². The number of benzene rings is 1. The van der Waals surface area contributed by atoms with Crippen LogP contribution in [0.5, 0.6) is 0 Å². The van der Waals surface area contributed by atoms with Crippen LogP contribution in [0.4, 0.5) is 5.00 Å². The number of thiophene rings is 1. The number of anilines is 1. The van der Waals surface area contributed by atoms with Gasteiger partial charge in [0.25, 0.3) is 5.91 Å². The Balaban J connectivity index is 2.06. The van der Waals surface area contributed by atoms with Gasteiger partial charge >= 0.3 is 5.97 Å². The first kappa shape index (κ1) is 23.1. The van der Waals surface area contributed by atoms with Gasteiger partial charge in [0.15, 0.2) is 0 Å². The number of esters is 1. The van der Waals surface area contributed by atoms with E-state index in [0.717, 1.165) is 16.9 Å². The van der Waals surface area contributed by atoms with Gasteiger partial charge in [-0.3, -0.25) is 4.79 Å². The number of carbonyl (C=O) groups excluding carboxylic acids is 2. The molecule has 158 valence electrons. The fraction of sp³-hybridized carbons (Fsp3) is 0.478. The number of hydrogen-bond acceptors (Lipinski definition) is 5. The number of amides is 1. The Kier molecular flexibility index (Phi) is 8.41. The van der Waals surface area contributed by atoms with Gasteiger partial charge in [-0.05, 0) is 36.3 Å². The lowest BCUT2D eigenvalue weighted by molar-refractivity contribution is -0.120. The van der Waals surface area contributed by atoms with E-state index in [-0.39, 0.29) is 30.5 Å². The highest BCUT2D eigenvalue weighted by molar-refractivity contribution is 7.16. The van der Waals surface area contributed by atoms with E-state index in [0.29, 0.717) is 17.2 Å². The summed E-state index contributed by atoms with van der Waals surface area (Å²) < 4.78 is 10.7. The van der Waals surface area contributed by atoms with Crippen LogP contribution in [0.2, 0.25) is 0 Å². The van der Waals surface area contributed by atoms with Gasteiger partial charge in [0.1, 0.15) is 11.6 Å². The summed E-state index contributed by atoms with van der Waals surface area (Å²) in [5.74, 6) is -0.435. The maximum atomic E-state index is 12.4. The highest BCUT2D eigenvalue weighted by Gasteiger charge is 2.24. The third kappa shape index (κ3) is 7.63. The van der Waals surface area contributed by atoms with Crippen molar-refractivity contribution in [2.75, 3.05) is 18.5 Å². The van der Waals surface area contributed by atoms with Gasteiger partial charge < -0.3 is 14.8 Å². The maximum Gasteiger partial charge on any atom is 0.341 e.